The van der Waals surface area contributed by atoms with Crippen molar-refractivity contribution in [3.05, 3.63) is 0 Å². The minimum Gasteiger partial charge on any atom is -0.480 e. The molecule has 0 heterocycles. The van der Waals surface area contributed by atoms with Crippen LogP contribution < -0.4 is 5.32 Å². The van der Waals surface area contributed by atoms with Crippen molar-refractivity contribution in [3.63, 3.8) is 0 Å². The van der Waals surface area contributed by atoms with Crippen LogP contribution in [0.25, 0.3) is 0 Å². The Hall–Kier alpha value is -1.11. The number of carbonyl (C=O) groups is 2. The van der Waals surface area contributed by atoms with Gasteiger partial charge in [-0.15, -0.1) is 0 Å². The highest BCUT2D eigenvalue weighted by Crippen LogP contribution is 2.22. The topological polar surface area (TPSA) is 101 Å². The summed E-state index contributed by atoms with van der Waals surface area (Å²) in [5.41, 5.74) is 0. The lowest BCUT2D eigenvalue weighted by molar-refractivity contribution is -0.139. The van der Waals surface area contributed by atoms with Crippen molar-refractivity contribution in [2.45, 2.75) is 50.5 Å². The molecule has 2 N–H and O–H groups in total. The maximum atomic E-state index is 12.0. The highest BCUT2D eigenvalue weighted by Gasteiger charge is 2.47. The SMILES string of the molecule is CCCCNC(=O)C(C)S(=O)(=O)C(C)(C)C(=O)O. The first kappa shape index (κ1) is 16.9. The van der Waals surface area contributed by atoms with Gasteiger partial charge in [-0.05, 0) is 27.2 Å². The van der Waals surface area contributed by atoms with Gasteiger partial charge < -0.3 is 10.4 Å². The van der Waals surface area contributed by atoms with Crippen LogP contribution >= 0.6 is 0 Å². The summed E-state index contributed by atoms with van der Waals surface area (Å²) in [6.45, 7) is 5.71. The Morgan fingerprint density at radius 2 is 1.83 bits per heavy atom. The van der Waals surface area contributed by atoms with Crippen molar-refractivity contribution >= 4 is 21.7 Å². The second-order valence-corrected chi connectivity index (χ2v) is 7.47. The first-order chi connectivity index (χ1) is 8.09. The molecule has 0 aliphatic carbocycles. The molecule has 0 aromatic carbocycles. The molecule has 18 heavy (non-hydrogen) atoms. The van der Waals surface area contributed by atoms with Gasteiger partial charge in [0.2, 0.25) is 5.91 Å². The average Bonchev–Trinajstić information content (AvgIpc) is 2.27. The van der Waals surface area contributed by atoms with Gasteiger partial charge in [0.1, 0.15) is 5.25 Å². The molecule has 0 aliphatic rings. The highest BCUT2D eigenvalue weighted by molar-refractivity contribution is 7.94. The highest BCUT2D eigenvalue weighted by atomic mass is 32.2. The van der Waals surface area contributed by atoms with Gasteiger partial charge in [-0.25, -0.2) is 8.42 Å². The molecule has 0 spiro atoms. The second kappa shape index (κ2) is 6.17. The molecule has 0 radical (unpaired) electrons. The van der Waals surface area contributed by atoms with E-state index in [1.165, 1.54) is 6.92 Å². The number of carboxylic acid groups (broad SMARTS) is 1. The van der Waals surface area contributed by atoms with Crippen LogP contribution in [0.2, 0.25) is 0 Å². The van der Waals surface area contributed by atoms with Crippen LogP contribution in [0.4, 0.5) is 0 Å². The van der Waals surface area contributed by atoms with E-state index in [2.05, 4.69) is 5.32 Å². The van der Waals surface area contributed by atoms with Crippen molar-refractivity contribution in [2.24, 2.45) is 0 Å². The maximum Gasteiger partial charge on any atom is 0.324 e. The lowest BCUT2D eigenvalue weighted by Crippen LogP contribution is -2.50. The quantitative estimate of drug-likeness (QED) is 0.663. The third-order valence-electron chi connectivity index (χ3n) is 2.89. The molecule has 1 unspecified atom stereocenters. The molecule has 0 saturated carbocycles. The van der Waals surface area contributed by atoms with E-state index in [1.807, 2.05) is 6.92 Å². The summed E-state index contributed by atoms with van der Waals surface area (Å²) in [6, 6.07) is 0. The van der Waals surface area contributed by atoms with Gasteiger partial charge in [-0.1, -0.05) is 13.3 Å². The van der Waals surface area contributed by atoms with Gasteiger partial charge in [0, 0.05) is 6.54 Å². The standard InChI is InChI=1S/C11H21NO5S/c1-5-6-7-12-9(13)8(2)18(16,17)11(3,4)10(14)15/h8H,5-7H2,1-4H3,(H,12,13)(H,14,15). The van der Waals surface area contributed by atoms with Crippen LogP contribution in [-0.2, 0) is 19.4 Å². The number of amides is 1. The summed E-state index contributed by atoms with van der Waals surface area (Å²) >= 11 is 0. The Morgan fingerprint density at radius 1 is 1.33 bits per heavy atom. The summed E-state index contributed by atoms with van der Waals surface area (Å²) in [4.78, 5) is 22.6. The fraction of sp³-hybridized carbons (Fsp3) is 0.818. The van der Waals surface area contributed by atoms with Crippen LogP contribution in [0.5, 0.6) is 0 Å². The molecule has 0 bridgehead atoms. The second-order valence-electron chi connectivity index (χ2n) is 4.65. The molecule has 7 heteroatoms. The van der Waals surface area contributed by atoms with E-state index in [9.17, 15) is 18.0 Å². The van der Waals surface area contributed by atoms with Gasteiger partial charge in [0.15, 0.2) is 14.6 Å². The molecule has 0 aliphatic heterocycles. The molecule has 1 atom stereocenters. The van der Waals surface area contributed by atoms with Gasteiger partial charge in [-0.2, -0.15) is 0 Å². The third kappa shape index (κ3) is 3.44. The Kier molecular flexibility index (Phi) is 5.79. The molecular formula is C11H21NO5S. The summed E-state index contributed by atoms with van der Waals surface area (Å²) in [7, 11) is -4.09. The molecule has 0 saturated heterocycles. The molecular weight excluding hydrogens is 258 g/mol. The summed E-state index contributed by atoms with van der Waals surface area (Å²) in [5, 5.41) is 10.0. The Balaban J connectivity index is 4.92. The number of carboxylic acids is 1. The zero-order valence-electron chi connectivity index (χ0n) is 11.2. The predicted molar refractivity (Wildman–Crippen MR) is 68.0 cm³/mol. The van der Waals surface area contributed by atoms with Crippen molar-refractivity contribution in [2.75, 3.05) is 6.54 Å². The average molecular weight is 279 g/mol. The number of rotatable bonds is 7. The van der Waals surface area contributed by atoms with E-state index in [4.69, 9.17) is 5.11 Å². The molecule has 0 aromatic rings. The van der Waals surface area contributed by atoms with Crippen molar-refractivity contribution < 1.29 is 23.1 Å². The van der Waals surface area contributed by atoms with Gasteiger partial charge in [0.05, 0.1) is 0 Å². The van der Waals surface area contributed by atoms with E-state index < -0.39 is 31.7 Å². The van der Waals surface area contributed by atoms with Gasteiger partial charge >= 0.3 is 5.97 Å². The first-order valence-corrected chi connectivity index (χ1v) is 7.38. The largest absolute Gasteiger partial charge is 0.480 e. The number of hydrogen-bond donors (Lipinski definition) is 2. The third-order valence-corrected chi connectivity index (χ3v) is 5.63. The fourth-order valence-corrected chi connectivity index (χ4v) is 2.73. The van der Waals surface area contributed by atoms with E-state index in [0.29, 0.717) is 6.54 Å². The fourth-order valence-electron chi connectivity index (χ4n) is 1.24. The molecule has 0 aromatic heterocycles. The zero-order chi connectivity index (χ0) is 14.6. The van der Waals surface area contributed by atoms with E-state index in [0.717, 1.165) is 26.7 Å². The Labute approximate surface area is 108 Å². The van der Waals surface area contributed by atoms with Crippen LogP contribution in [0.15, 0.2) is 0 Å². The monoisotopic (exact) mass is 279 g/mol. The van der Waals surface area contributed by atoms with Crippen LogP contribution in [-0.4, -0.2) is 41.9 Å². The van der Waals surface area contributed by atoms with Crippen molar-refractivity contribution in [1.29, 1.82) is 0 Å². The lowest BCUT2D eigenvalue weighted by atomic mass is 10.2. The molecule has 0 rings (SSSR count). The lowest BCUT2D eigenvalue weighted by Gasteiger charge is -2.23. The number of hydrogen-bond acceptors (Lipinski definition) is 4. The number of unbranched alkanes of at least 4 members (excludes halogenated alkanes) is 1. The molecule has 6 nitrogen and oxygen atoms in total. The normalized spacial score (nSPS) is 14.0. The summed E-state index contributed by atoms with van der Waals surface area (Å²) in [6.07, 6.45) is 1.63. The smallest absolute Gasteiger partial charge is 0.324 e. The zero-order valence-corrected chi connectivity index (χ0v) is 12.0. The maximum absolute atomic E-state index is 12.0. The van der Waals surface area contributed by atoms with Crippen LogP contribution in [0, 0.1) is 0 Å². The minimum absolute atomic E-state index is 0.392. The first-order valence-electron chi connectivity index (χ1n) is 5.83. The minimum atomic E-state index is -4.09. The van der Waals surface area contributed by atoms with Crippen LogP contribution in [0.3, 0.4) is 0 Å². The summed E-state index contributed by atoms with van der Waals surface area (Å²) in [5.74, 6) is -2.12. The number of nitrogens with one attached hydrogen (secondary N) is 1. The van der Waals surface area contributed by atoms with Crippen molar-refractivity contribution in [3.8, 4) is 0 Å². The van der Waals surface area contributed by atoms with E-state index in [1.54, 1.807) is 0 Å². The van der Waals surface area contributed by atoms with E-state index >= 15 is 0 Å². The van der Waals surface area contributed by atoms with Gasteiger partial charge in [-0.3, -0.25) is 9.59 Å². The number of sulfone groups is 1. The van der Waals surface area contributed by atoms with Crippen molar-refractivity contribution in [1.82, 2.24) is 5.32 Å². The summed E-state index contributed by atoms with van der Waals surface area (Å²) < 4.78 is 22.1. The Morgan fingerprint density at radius 3 is 2.22 bits per heavy atom. The number of carbonyl (C=O) groups excluding carboxylic acids is 1. The molecule has 1 amide bonds. The molecule has 106 valence electrons. The Bertz CT molecular complexity index is 413. The van der Waals surface area contributed by atoms with Crippen LogP contribution in [0.1, 0.15) is 40.5 Å². The van der Waals surface area contributed by atoms with Gasteiger partial charge in [0.25, 0.3) is 0 Å². The van der Waals surface area contributed by atoms with E-state index in [-0.39, 0.29) is 0 Å². The number of aliphatic carboxylic acids is 1. The molecule has 0 fully saturated rings. The predicted octanol–water partition coefficient (Wildman–Crippen LogP) is 0.569.